The van der Waals surface area contributed by atoms with E-state index >= 15 is 0 Å². The van der Waals surface area contributed by atoms with Crippen molar-refractivity contribution in [2.75, 3.05) is 0 Å². The summed E-state index contributed by atoms with van der Waals surface area (Å²) in [6.45, 7) is 4.44. The van der Waals surface area contributed by atoms with Gasteiger partial charge in [-0.05, 0) is 41.7 Å². The third-order valence-electron chi connectivity index (χ3n) is 3.79. The van der Waals surface area contributed by atoms with Gasteiger partial charge in [0.2, 0.25) is 0 Å². The molecule has 1 aromatic heterocycles. The van der Waals surface area contributed by atoms with Gasteiger partial charge in [0, 0.05) is 16.6 Å². The van der Waals surface area contributed by atoms with Gasteiger partial charge in [-0.15, -0.1) is 0 Å². The predicted octanol–water partition coefficient (Wildman–Crippen LogP) is 4.96. The molecule has 3 aromatic rings. The number of benzene rings is 2. The lowest BCUT2D eigenvalue weighted by Gasteiger charge is -2.02. The second kappa shape index (κ2) is 4.93. The smallest absolute Gasteiger partial charge is 0.0497 e. The van der Waals surface area contributed by atoms with Gasteiger partial charge in [0.05, 0.1) is 0 Å². The van der Waals surface area contributed by atoms with Gasteiger partial charge in [0.1, 0.15) is 0 Å². The van der Waals surface area contributed by atoms with Crippen LogP contribution in [0.25, 0.3) is 22.2 Å². The van der Waals surface area contributed by atoms with Crippen LogP contribution in [-0.2, 0) is 12.8 Å². The lowest BCUT2D eigenvalue weighted by Crippen LogP contribution is -1.84. The van der Waals surface area contributed by atoms with Crippen molar-refractivity contribution >= 4 is 10.9 Å². The number of aryl methyl sites for hydroxylation is 2. The van der Waals surface area contributed by atoms with E-state index in [9.17, 15) is 0 Å². The summed E-state index contributed by atoms with van der Waals surface area (Å²) in [5.41, 5.74) is 6.62. The fraction of sp³-hybridized carbons (Fsp3) is 0.222. The Labute approximate surface area is 114 Å². The standard InChI is InChI=1S/C18H19N/c1-3-13-10-11-17-16(12-13)15(4-2)18(19-17)14-8-6-5-7-9-14/h5-12,19H,3-4H2,1-2H3. The molecular weight excluding hydrogens is 230 g/mol. The minimum Gasteiger partial charge on any atom is -0.354 e. The van der Waals surface area contributed by atoms with Crippen LogP contribution in [0.4, 0.5) is 0 Å². The van der Waals surface area contributed by atoms with Gasteiger partial charge in [-0.2, -0.15) is 0 Å². The first-order valence-electron chi connectivity index (χ1n) is 7.02. The van der Waals surface area contributed by atoms with Gasteiger partial charge in [0.25, 0.3) is 0 Å². The summed E-state index contributed by atoms with van der Waals surface area (Å²) < 4.78 is 0. The van der Waals surface area contributed by atoms with E-state index in [4.69, 9.17) is 0 Å². The molecule has 0 aliphatic carbocycles. The maximum atomic E-state index is 3.58. The van der Waals surface area contributed by atoms with E-state index in [-0.39, 0.29) is 0 Å². The molecule has 0 fully saturated rings. The van der Waals surface area contributed by atoms with Gasteiger partial charge < -0.3 is 4.98 Å². The minimum atomic E-state index is 1.05. The summed E-state index contributed by atoms with van der Waals surface area (Å²) in [5, 5.41) is 1.38. The van der Waals surface area contributed by atoms with Crippen LogP contribution in [0, 0.1) is 0 Å². The second-order valence-corrected chi connectivity index (χ2v) is 4.93. The Kier molecular flexibility index (Phi) is 3.12. The van der Waals surface area contributed by atoms with E-state index in [2.05, 4.69) is 67.4 Å². The average molecular weight is 249 g/mol. The van der Waals surface area contributed by atoms with E-state index in [1.165, 1.54) is 33.3 Å². The van der Waals surface area contributed by atoms with Crippen LogP contribution in [0.15, 0.2) is 48.5 Å². The molecule has 3 rings (SSSR count). The Morgan fingerprint density at radius 1 is 0.895 bits per heavy atom. The average Bonchev–Trinajstić information content (AvgIpc) is 2.85. The molecule has 0 radical (unpaired) electrons. The highest BCUT2D eigenvalue weighted by molar-refractivity contribution is 5.91. The first-order chi connectivity index (χ1) is 9.33. The topological polar surface area (TPSA) is 15.8 Å². The summed E-state index contributed by atoms with van der Waals surface area (Å²) in [6.07, 6.45) is 2.14. The number of aromatic amines is 1. The third-order valence-corrected chi connectivity index (χ3v) is 3.79. The van der Waals surface area contributed by atoms with Crippen molar-refractivity contribution in [2.24, 2.45) is 0 Å². The van der Waals surface area contributed by atoms with Crippen molar-refractivity contribution in [3.05, 3.63) is 59.7 Å². The summed E-state index contributed by atoms with van der Waals surface area (Å²) >= 11 is 0. The van der Waals surface area contributed by atoms with Crippen LogP contribution in [0.5, 0.6) is 0 Å². The van der Waals surface area contributed by atoms with Crippen molar-refractivity contribution in [3.8, 4) is 11.3 Å². The largest absolute Gasteiger partial charge is 0.354 e. The van der Waals surface area contributed by atoms with Crippen molar-refractivity contribution in [1.82, 2.24) is 4.98 Å². The van der Waals surface area contributed by atoms with Crippen molar-refractivity contribution < 1.29 is 0 Å². The molecule has 1 N–H and O–H groups in total. The minimum absolute atomic E-state index is 1.05. The van der Waals surface area contributed by atoms with Crippen molar-refractivity contribution in [1.29, 1.82) is 0 Å². The molecule has 96 valence electrons. The first kappa shape index (κ1) is 12.0. The lowest BCUT2D eigenvalue weighted by molar-refractivity contribution is 1.14. The van der Waals surface area contributed by atoms with Gasteiger partial charge in [-0.1, -0.05) is 50.2 Å². The van der Waals surface area contributed by atoms with Crippen LogP contribution in [0.2, 0.25) is 0 Å². The SMILES string of the molecule is CCc1ccc2[nH]c(-c3ccccc3)c(CC)c2c1. The third kappa shape index (κ3) is 2.06. The number of H-pyrrole nitrogens is 1. The number of hydrogen-bond donors (Lipinski definition) is 1. The highest BCUT2D eigenvalue weighted by Gasteiger charge is 2.11. The van der Waals surface area contributed by atoms with E-state index in [0.29, 0.717) is 0 Å². The molecule has 1 heteroatoms. The molecule has 0 amide bonds. The summed E-state index contributed by atoms with van der Waals surface area (Å²) in [6, 6.07) is 17.3. The van der Waals surface area contributed by atoms with Crippen LogP contribution in [-0.4, -0.2) is 4.98 Å². The van der Waals surface area contributed by atoms with E-state index in [1.54, 1.807) is 0 Å². The molecule has 0 saturated carbocycles. The van der Waals surface area contributed by atoms with Gasteiger partial charge >= 0.3 is 0 Å². The Morgan fingerprint density at radius 2 is 1.68 bits per heavy atom. The van der Waals surface area contributed by atoms with E-state index in [0.717, 1.165) is 12.8 Å². The Hall–Kier alpha value is -2.02. The highest BCUT2D eigenvalue weighted by atomic mass is 14.7. The number of rotatable bonds is 3. The molecule has 0 saturated heterocycles. The molecule has 1 heterocycles. The summed E-state index contributed by atoms with van der Waals surface area (Å²) in [7, 11) is 0. The Bertz CT molecular complexity index is 692. The Morgan fingerprint density at radius 3 is 2.37 bits per heavy atom. The zero-order valence-corrected chi connectivity index (χ0v) is 11.5. The Balaban J connectivity index is 2.26. The summed E-state index contributed by atoms with van der Waals surface area (Å²) in [5.74, 6) is 0. The summed E-state index contributed by atoms with van der Waals surface area (Å²) in [4.78, 5) is 3.58. The molecule has 0 aliphatic heterocycles. The number of nitrogens with one attached hydrogen (secondary N) is 1. The molecule has 0 spiro atoms. The normalized spacial score (nSPS) is 11.1. The fourth-order valence-corrected chi connectivity index (χ4v) is 2.73. The molecule has 2 aromatic carbocycles. The fourth-order valence-electron chi connectivity index (χ4n) is 2.73. The lowest BCUT2D eigenvalue weighted by atomic mass is 10.0. The molecule has 19 heavy (non-hydrogen) atoms. The second-order valence-electron chi connectivity index (χ2n) is 4.93. The molecule has 0 unspecified atom stereocenters. The van der Waals surface area contributed by atoms with Crippen LogP contribution in [0.1, 0.15) is 25.0 Å². The van der Waals surface area contributed by atoms with Crippen LogP contribution in [0.3, 0.4) is 0 Å². The van der Waals surface area contributed by atoms with Crippen molar-refractivity contribution in [3.63, 3.8) is 0 Å². The zero-order valence-electron chi connectivity index (χ0n) is 11.5. The maximum absolute atomic E-state index is 3.58. The monoisotopic (exact) mass is 249 g/mol. The van der Waals surface area contributed by atoms with Crippen LogP contribution < -0.4 is 0 Å². The molecule has 0 bridgehead atoms. The maximum Gasteiger partial charge on any atom is 0.0497 e. The number of aromatic nitrogens is 1. The molecule has 0 aliphatic rings. The van der Waals surface area contributed by atoms with Crippen molar-refractivity contribution in [2.45, 2.75) is 26.7 Å². The number of fused-ring (bicyclic) bond motifs is 1. The molecule has 1 nitrogen and oxygen atoms in total. The van der Waals surface area contributed by atoms with E-state index in [1.807, 2.05) is 0 Å². The quantitative estimate of drug-likeness (QED) is 0.675. The first-order valence-corrected chi connectivity index (χ1v) is 7.02. The van der Waals surface area contributed by atoms with Crippen LogP contribution >= 0.6 is 0 Å². The van der Waals surface area contributed by atoms with Gasteiger partial charge in [-0.3, -0.25) is 0 Å². The molecule has 0 atom stereocenters. The highest BCUT2D eigenvalue weighted by Crippen LogP contribution is 2.31. The van der Waals surface area contributed by atoms with E-state index < -0.39 is 0 Å². The van der Waals surface area contributed by atoms with Gasteiger partial charge in [0.15, 0.2) is 0 Å². The predicted molar refractivity (Wildman–Crippen MR) is 82.5 cm³/mol. The van der Waals surface area contributed by atoms with Gasteiger partial charge in [-0.25, -0.2) is 0 Å². The zero-order chi connectivity index (χ0) is 13.2. The number of hydrogen-bond acceptors (Lipinski definition) is 0. The molecular formula is C18H19N.